The lowest BCUT2D eigenvalue weighted by atomic mass is 9.80. The molecule has 1 aliphatic heterocycles. The Morgan fingerprint density at radius 2 is 2.12 bits per heavy atom. The quantitative estimate of drug-likeness (QED) is 0.662. The lowest BCUT2D eigenvalue weighted by molar-refractivity contribution is 0.395. The summed E-state index contributed by atoms with van der Waals surface area (Å²) in [6, 6.07) is 8.23. The summed E-state index contributed by atoms with van der Waals surface area (Å²) < 4.78 is 0. The Bertz CT molecular complexity index is 454. The largest absolute Gasteiger partial charge is 0.369 e. The summed E-state index contributed by atoms with van der Waals surface area (Å²) in [6.07, 6.45) is 1.13. The fraction of sp³-hybridized carbons (Fsp3) is 0.500. The Morgan fingerprint density at radius 1 is 1.44 bits per heavy atom. The van der Waals surface area contributed by atoms with Gasteiger partial charge in [0.1, 0.15) is 0 Å². The van der Waals surface area contributed by atoms with Crippen LogP contribution < -0.4 is 4.90 Å². The summed E-state index contributed by atoms with van der Waals surface area (Å²) in [7, 11) is 2.14. The van der Waals surface area contributed by atoms with Crippen molar-refractivity contribution < 1.29 is 0 Å². The zero-order valence-electron chi connectivity index (χ0n) is 10.4. The Balaban J connectivity index is 2.55. The van der Waals surface area contributed by atoms with E-state index in [-0.39, 0.29) is 5.54 Å². The molecule has 1 aromatic rings. The third-order valence-electron chi connectivity index (χ3n) is 3.76. The first kappa shape index (κ1) is 11.0. The van der Waals surface area contributed by atoms with Gasteiger partial charge in [-0.05, 0) is 49.9 Å². The first-order valence-corrected chi connectivity index (χ1v) is 5.73. The third kappa shape index (κ3) is 1.57. The summed E-state index contributed by atoms with van der Waals surface area (Å²) in [5.74, 6) is 0.523. The molecule has 0 fully saturated rings. The molecule has 1 atom stereocenters. The van der Waals surface area contributed by atoms with E-state index in [9.17, 15) is 0 Å². The van der Waals surface area contributed by atoms with Crippen LogP contribution >= 0.6 is 0 Å². The van der Waals surface area contributed by atoms with Gasteiger partial charge in [-0.15, -0.1) is 0 Å². The molecule has 0 amide bonds. The highest BCUT2D eigenvalue weighted by molar-refractivity contribution is 5.61. The van der Waals surface area contributed by atoms with E-state index in [0.29, 0.717) is 5.92 Å². The van der Waals surface area contributed by atoms with Crippen molar-refractivity contribution in [3.63, 3.8) is 0 Å². The van der Waals surface area contributed by atoms with E-state index < -0.39 is 0 Å². The van der Waals surface area contributed by atoms with Crippen molar-refractivity contribution in [3.05, 3.63) is 29.3 Å². The van der Waals surface area contributed by atoms with E-state index in [4.69, 9.17) is 5.26 Å². The number of hydrogen-bond acceptors (Lipinski definition) is 2. The van der Waals surface area contributed by atoms with Crippen molar-refractivity contribution >= 4 is 5.69 Å². The van der Waals surface area contributed by atoms with Gasteiger partial charge in [-0.1, -0.05) is 6.92 Å². The molecule has 0 spiro atoms. The average molecular weight is 214 g/mol. The molecule has 16 heavy (non-hydrogen) atoms. The van der Waals surface area contributed by atoms with Crippen LogP contribution in [0.4, 0.5) is 5.69 Å². The molecular formula is C14H18N2. The predicted molar refractivity (Wildman–Crippen MR) is 66.7 cm³/mol. The van der Waals surface area contributed by atoms with Gasteiger partial charge in [0.25, 0.3) is 0 Å². The highest BCUT2D eigenvalue weighted by atomic mass is 15.2. The fourth-order valence-electron chi connectivity index (χ4n) is 2.65. The van der Waals surface area contributed by atoms with E-state index >= 15 is 0 Å². The molecule has 0 bridgehead atoms. The van der Waals surface area contributed by atoms with E-state index in [0.717, 1.165) is 12.0 Å². The minimum Gasteiger partial charge on any atom is -0.369 e. The molecule has 1 heterocycles. The van der Waals surface area contributed by atoms with Gasteiger partial charge in [-0.3, -0.25) is 0 Å². The molecule has 0 aliphatic carbocycles. The van der Waals surface area contributed by atoms with Crippen molar-refractivity contribution in [2.75, 3.05) is 11.9 Å². The highest BCUT2D eigenvalue weighted by Gasteiger charge is 2.33. The third-order valence-corrected chi connectivity index (χ3v) is 3.76. The van der Waals surface area contributed by atoms with Crippen molar-refractivity contribution in [1.29, 1.82) is 5.26 Å². The second-order valence-corrected chi connectivity index (χ2v) is 5.36. The van der Waals surface area contributed by atoms with Crippen LogP contribution in [0.25, 0.3) is 0 Å². The zero-order valence-corrected chi connectivity index (χ0v) is 10.4. The maximum absolute atomic E-state index is 8.93. The molecule has 2 heteroatoms. The summed E-state index contributed by atoms with van der Waals surface area (Å²) >= 11 is 0. The summed E-state index contributed by atoms with van der Waals surface area (Å²) in [5.41, 5.74) is 3.53. The van der Waals surface area contributed by atoms with Gasteiger partial charge in [0.15, 0.2) is 0 Å². The van der Waals surface area contributed by atoms with E-state index in [1.54, 1.807) is 0 Å². The second-order valence-electron chi connectivity index (χ2n) is 5.36. The second kappa shape index (κ2) is 3.52. The molecule has 0 saturated heterocycles. The normalized spacial score (nSPS) is 22.4. The monoisotopic (exact) mass is 214 g/mol. The van der Waals surface area contributed by atoms with Crippen LogP contribution in [0.5, 0.6) is 0 Å². The van der Waals surface area contributed by atoms with Gasteiger partial charge < -0.3 is 4.90 Å². The minimum absolute atomic E-state index is 0.195. The van der Waals surface area contributed by atoms with E-state index in [2.05, 4.69) is 44.9 Å². The lowest BCUT2D eigenvalue weighted by Crippen LogP contribution is -2.45. The Kier molecular flexibility index (Phi) is 2.42. The predicted octanol–water partition coefficient (Wildman–Crippen LogP) is 3.28. The van der Waals surface area contributed by atoms with Gasteiger partial charge in [0.2, 0.25) is 0 Å². The lowest BCUT2D eigenvalue weighted by Gasteiger charge is -2.45. The van der Waals surface area contributed by atoms with Crippen molar-refractivity contribution in [3.8, 4) is 6.07 Å². The first-order chi connectivity index (χ1) is 7.45. The topological polar surface area (TPSA) is 27.0 Å². The van der Waals surface area contributed by atoms with Gasteiger partial charge in [0, 0.05) is 18.3 Å². The number of nitrogens with zero attached hydrogens (tertiary/aromatic N) is 2. The van der Waals surface area contributed by atoms with Crippen molar-refractivity contribution in [2.24, 2.45) is 0 Å². The van der Waals surface area contributed by atoms with Gasteiger partial charge >= 0.3 is 0 Å². The molecule has 2 nitrogen and oxygen atoms in total. The summed E-state index contributed by atoms with van der Waals surface area (Å²) in [5, 5.41) is 8.93. The van der Waals surface area contributed by atoms with Gasteiger partial charge in [-0.2, -0.15) is 5.26 Å². The Hall–Kier alpha value is -1.49. The van der Waals surface area contributed by atoms with Crippen LogP contribution in [0.2, 0.25) is 0 Å². The summed E-state index contributed by atoms with van der Waals surface area (Å²) in [4.78, 5) is 2.32. The highest BCUT2D eigenvalue weighted by Crippen LogP contribution is 2.42. The number of fused-ring (bicyclic) bond motifs is 1. The Labute approximate surface area is 97.5 Å². The Morgan fingerprint density at radius 3 is 2.75 bits per heavy atom. The molecule has 0 unspecified atom stereocenters. The van der Waals surface area contributed by atoms with Crippen LogP contribution in [0.3, 0.4) is 0 Å². The minimum atomic E-state index is 0.195. The maximum Gasteiger partial charge on any atom is 0.0991 e. The molecule has 84 valence electrons. The average Bonchev–Trinajstić information content (AvgIpc) is 2.25. The van der Waals surface area contributed by atoms with Crippen LogP contribution in [0, 0.1) is 11.3 Å². The number of nitriles is 1. The molecule has 1 aliphatic rings. The van der Waals surface area contributed by atoms with Gasteiger partial charge in [0.05, 0.1) is 11.6 Å². The molecule has 0 saturated carbocycles. The number of hydrogen-bond donors (Lipinski definition) is 0. The van der Waals surface area contributed by atoms with Crippen LogP contribution in [0.1, 0.15) is 44.2 Å². The number of anilines is 1. The SMILES string of the molecule is C[C@@H]1CC(C)(C)N(C)c2ccc(C#N)cc21. The standard InChI is InChI=1S/C14H18N2/c1-10-8-14(2,3)16(4)13-6-5-11(9-15)7-12(10)13/h5-7,10H,8H2,1-4H3/t10-/m1/s1. The van der Waals surface area contributed by atoms with Crippen LogP contribution in [0.15, 0.2) is 18.2 Å². The zero-order chi connectivity index (χ0) is 11.9. The fourth-order valence-corrected chi connectivity index (χ4v) is 2.65. The molecule has 1 aromatic carbocycles. The van der Waals surface area contributed by atoms with Crippen molar-refractivity contribution in [1.82, 2.24) is 0 Å². The van der Waals surface area contributed by atoms with Crippen molar-refractivity contribution in [2.45, 2.75) is 38.6 Å². The maximum atomic E-state index is 8.93. The van der Waals surface area contributed by atoms with E-state index in [1.807, 2.05) is 12.1 Å². The van der Waals surface area contributed by atoms with E-state index in [1.165, 1.54) is 11.3 Å². The molecule has 2 rings (SSSR count). The number of rotatable bonds is 0. The molecule has 0 aromatic heterocycles. The molecule has 0 N–H and O–H groups in total. The van der Waals surface area contributed by atoms with Crippen LogP contribution in [-0.2, 0) is 0 Å². The molecule has 0 radical (unpaired) electrons. The number of benzene rings is 1. The molecular weight excluding hydrogens is 196 g/mol. The van der Waals surface area contributed by atoms with Gasteiger partial charge in [-0.25, -0.2) is 0 Å². The first-order valence-electron chi connectivity index (χ1n) is 5.73. The summed E-state index contributed by atoms with van der Waals surface area (Å²) in [6.45, 7) is 6.78. The smallest absolute Gasteiger partial charge is 0.0991 e. The van der Waals surface area contributed by atoms with Crippen LogP contribution in [-0.4, -0.2) is 12.6 Å².